The van der Waals surface area contributed by atoms with Gasteiger partial charge in [0.2, 0.25) is 12.2 Å². The van der Waals surface area contributed by atoms with E-state index < -0.39 is 5.97 Å². The first-order valence-electron chi connectivity index (χ1n) is 14.6. The van der Waals surface area contributed by atoms with Crippen LogP contribution < -0.4 is 10.2 Å². The van der Waals surface area contributed by atoms with Crippen molar-refractivity contribution in [1.29, 1.82) is 5.26 Å². The molecule has 1 fully saturated rings. The van der Waals surface area contributed by atoms with Crippen molar-refractivity contribution in [1.82, 2.24) is 19.8 Å². The molecule has 3 heterocycles. The molecule has 2 aliphatic heterocycles. The van der Waals surface area contributed by atoms with Gasteiger partial charge in [-0.2, -0.15) is 5.26 Å². The summed E-state index contributed by atoms with van der Waals surface area (Å²) in [4.78, 5) is 43.4. The van der Waals surface area contributed by atoms with Gasteiger partial charge in [-0.05, 0) is 35.1 Å². The Morgan fingerprint density at radius 1 is 1.09 bits per heavy atom. The first-order chi connectivity index (χ1) is 21.4. The molecule has 2 aromatic carbocycles. The smallest absolute Gasteiger partial charge is 0.410 e. The monoisotopic (exact) mass is 596 g/mol. The van der Waals surface area contributed by atoms with Crippen LogP contribution in [0.5, 0.6) is 0 Å². The highest BCUT2D eigenvalue weighted by Crippen LogP contribution is 2.28. The third-order valence-corrected chi connectivity index (χ3v) is 7.95. The zero-order chi connectivity index (χ0) is 31.1. The van der Waals surface area contributed by atoms with Crippen molar-refractivity contribution in [2.45, 2.75) is 39.5 Å². The molecule has 0 unspecified atom stereocenters. The Balaban J connectivity index is 1.27. The van der Waals surface area contributed by atoms with Gasteiger partial charge in [0.25, 0.3) is 0 Å². The van der Waals surface area contributed by atoms with E-state index in [4.69, 9.17) is 9.47 Å². The van der Waals surface area contributed by atoms with Crippen molar-refractivity contribution in [2.24, 2.45) is 10.9 Å². The van der Waals surface area contributed by atoms with E-state index in [0.29, 0.717) is 50.9 Å². The van der Waals surface area contributed by atoms with Crippen LogP contribution in [0.4, 0.5) is 16.3 Å². The van der Waals surface area contributed by atoms with Gasteiger partial charge in [0, 0.05) is 38.4 Å². The van der Waals surface area contributed by atoms with Crippen LogP contribution >= 0.6 is 0 Å². The zero-order valence-electron chi connectivity index (χ0n) is 25.1. The molecule has 12 heteroatoms. The molecule has 1 amide bonds. The van der Waals surface area contributed by atoms with Crippen molar-refractivity contribution < 1.29 is 19.1 Å². The SMILES string of the molecule is COC(=O)c1cnc(N2CCN(/C(=N\C#N)Nc3cccc4c3CCN(C(=O)OCc3ccccc3)C4)[C@H](C(C)C)C2)cn1. The number of aliphatic imine (C=N–C) groups is 1. The quantitative estimate of drug-likeness (QED) is 0.192. The third-order valence-electron chi connectivity index (χ3n) is 7.95. The van der Waals surface area contributed by atoms with E-state index in [2.05, 4.69) is 43.9 Å². The van der Waals surface area contributed by atoms with Crippen LogP contribution in [0.15, 0.2) is 65.9 Å². The fraction of sp³-hybridized carbons (Fsp3) is 0.375. The number of nitriles is 1. The van der Waals surface area contributed by atoms with Gasteiger partial charge in [-0.15, -0.1) is 4.99 Å². The van der Waals surface area contributed by atoms with Crippen molar-refractivity contribution in [3.8, 4) is 6.19 Å². The van der Waals surface area contributed by atoms with E-state index in [1.807, 2.05) is 54.7 Å². The maximum Gasteiger partial charge on any atom is 0.410 e. The molecule has 3 aromatic rings. The maximum absolute atomic E-state index is 12.8. The number of carbonyl (C=O) groups is 2. The maximum atomic E-state index is 12.8. The van der Waals surface area contributed by atoms with E-state index >= 15 is 0 Å². The summed E-state index contributed by atoms with van der Waals surface area (Å²) >= 11 is 0. The highest BCUT2D eigenvalue weighted by molar-refractivity contribution is 5.95. The predicted octanol–water partition coefficient (Wildman–Crippen LogP) is 4.05. The lowest BCUT2D eigenvalue weighted by Gasteiger charge is -2.45. The summed E-state index contributed by atoms with van der Waals surface area (Å²) in [5.41, 5.74) is 4.07. The standard InChI is InChI=1S/C32H36N8O4/c1-22(2)28-19-38(29-17-34-27(16-35-29)30(41)43-3)14-15-40(28)31(36-21-33)37-26-11-7-10-24-18-39(13-12-25(24)26)32(42)44-20-23-8-5-4-6-9-23/h4-11,16-17,22,28H,12-15,18-20H2,1-3H3,(H,36,37)/t28-/m0/s1. The molecule has 2 aliphatic rings. The summed E-state index contributed by atoms with van der Waals surface area (Å²) in [5, 5.41) is 13.1. The zero-order valence-corrected chi connectivity index (χ0v) is 25.1. The molecule has 5 rings (SSSR count). The van der Waals surface area contributed by atoms with Crippen LogP contribution in [0.25, 0.3) is 0 Å². The molecular weight excluding hydrogens is 560 g/mol. The molecule has 228 valence electrons. The molecule has 1 saturated heterocycles. The van der Waals surface area contributed by atoms with Crippen molar-refractivity contribution in [2.75, 3.05) is 43.5 Å². The van der Waals surface area contributed by atoms with Crippen LogP contribution in [-0.4, -0.2) is 77.1 Å². The van der Waals surface area contributed by atoms with Gasteiger partial charge in [0.05, 0.1) is 25.5 Å². The molecular formula is C32H36N8O4. The number of nitrogens with zero attached hydrogens (tertiary/aromatic N) is 7. The minimum Gasteiger partial charge on any atom is -0.464 e. The van der Waals surface area contributed by atoms with Gasteiger partial charge in [0.1, 0.15) is 12.4 Å². The number of anilines is 2. The number of fused-ring (bicyclic) bond motifs is 1. The first kappa shape index (κ1) is 30.3. The second-order valence-corrected chi connectivity index (χ2v) is 11.0. The number of ether oxygens (including phenoxy) is 2. The molecule has 1 N–H and O–H groups in total. The number of rotatable bonds is 6. The fourth-order valence-electron chi connectivity index (χ4n) is 5.57. The molecule has 1 aromatic heterocycles. The van der Waals surface area contributed by atoms with E-state index in [1.165, 1.54) is 13.3 Å². The van der Waals surface area contributed by atoms with Crippen molar-refractivity contribution in [3.63, 3.8) is 0 Å². The van der Waals surface area contributed by atoms with Crippen LogP contribution in [0.3, 0.4) is 0 Å². The summed E-state index contributed by atoms with van der Waals surface area (Å²) in [6, 6.07) is 15.6. The molecule has 1 atom stereocenters. The Morgan fingerprint density at radius 2 is 1.91 bits per heavy atom. The first-order valence-corrected chi connectivity index (χ1v) is 14.6. The lowest BCUT2D eigenvalue weighted by molar-refractivity contribution is 0.0593. The molecule has 0 saturated carbocycles. The highest BCUT2D eigenvalue weighted by Gasteiger charge is 2.33. The molecule has 0 radical (unpaired) electrons. The summed E-state index contributed by atoms with van der Waals surface area (Å²) in [6.45, 7) is 7.29. The Bertz CT molecular complexity index is 1540. The van der Waals surface area contributed by atoms with Crippen molar-refractivity contribution >= 4 is 29.5 Å². The molecule has 0 spiro atoms. The van der Waals surface area contributed by atoms with Gasteiger partial charge in [0.15, 0.2) is 5.69 Å². The average Bonchev–Trinajstić information content (AvgIpc) is 3.06. The van der Waals surface area contributed by atoms with Crippen LogP contribution in [-0.2, 0) is 29.0 Å². The van der Waals surface area contributed by atoms with E-state index in [-0.39, 0.29) is 30.4 Å². The lowest BCUT2D eigenvalue weighted by Crippen LogP contribution is -2.58. The third kappa shape index (κ3) is 6.89. The largest absolute Gasteiger partial charge is 0.464 e. The number of methoxy groups -OCH3 is 1. The van der Waals surface area contributed by atoms with Crippen LogP contribution in [0, 0.1) is 17.4 Å². The Morgan fingerprint density at radius 3 is 2.61 bits per heavy atom. The minimum absolute atomic E-state index is 0.0137. The Hall–Kier alpha value is -5.18. The van der Waals surface area contributed by atoms with Gasteiger partial charge >= 0.3 is 12.1 Å². The van der Waals surface area contributed by atoms with E-state index in [1.54, 1.807) is 11.1 Å². The second-order valence-electron chi connectivity index (χ2n) is 11.0. The number of hydrogen-bond acceptors (Lipinski definition) is 9. The number of amides is 1. The number of piperazine rings is 1. The predicted molar refractivity (Wildman–Crippen MR) is 165 cm³/mol. The molecule has 44 heavy (non-hydrogen) atoms. The van der Waals surface area contributed by atoms with Gasteiger partial charge in [-0.1, -0.05) is 56.3 Å². The second kappa shape index (κ2) is 13.9. The van der Waals surface area contributed by atoms with Crippen molar-refractivity contribution in [3.05, 3.63) is 83.3 Å². The normalized spacial score (nSPS) is 16.7. The van der Waals surface area contributed by atoms with Gasteiger partial charge < -0.3 is 29.5 Å². The van der Waals surface area contributed by atoms with Gasteiger partial charge in [-0.3, -0.25) is 0 Å². The summed E-state index contributed by atoms with van der Waals surface area (Å²) < 4.78 is 10.3. The molecule has 0 aliphatic carbocycles. The summed E-state index contributed by atoms with van der Waals surface area (Å²) in [7, 11) is 1.31. The minimum atomic E-state index is -0.531. The highest BCUT2D eigenvalue weighted by atomic mass is 16.6. The van der Waals surface area contributed by atoms with Crippen LogP contribution in [0.1, 0.15) is 41.0 Å². The number of nitrogens with one attached hydrogen (secondary N) is 1. The Labute approximate surface area is 256 Å². The number of esters is 1. The average molecular weight is 597 g/mol. The van der Waals surface area contributed by atoms with E-state index in [9.17, 15) is 14.9 Å². The van der Waals surface area contributed by atoms with Gasteiger partial charge in [-0.25, -0.2) is 19.6 Å². The van der Waals surface area contributed by atoms with Crippen LogP contribution in [0.2, 0.25) is 0 Å². The lowest BCUT2D eigenvalue weighted by atomic mass is 9.97. The van der Waals surface area contributed by atoms with E-state index in [0.717, 1.165) is 22.4 Å². The number of aromatic nitrogens is 2. The topological polar surface area (TPSA) is 136 Å². The molecule has 0 bridgehead atoms. The summed E-state index contributed by atoms with van der Waals surface area (Å²) in [5.74, 6) is 0.844. The number of hydrogen-bond donors (Lipinski definition) is 1. The summed E-state index contributed by atoms with van der Waals surface area (Å²) in [6.07, 6.45) is 5.28. The number of guanidine groups is 1. The fourth-order valence-corrected chi connectivity index (χ4v) is 5.57. The molecule has 12 nitrogen and oxygen atoms in total. The number of carbonyl (C=O) groups excluding carboxylic acids is 2. The Kier molecular flexibility index (Phi) is 9.54. The number of benzene rings is 2.